The van der Waals surface area contributed by atoms with E-state index >= 15 is 0 Å². The molecule has 0 amide bonds. The average Bonchev–Trinajstić information content (AvgIpc) is 2.85. The lowest BCUT2D eigenvalue weighted by molar-refractivity contribution is 0.346. The third-order valence-corrected chi connectivity index (χ3v) is 7.89. The number of hydrogen-bond donors (Lipinski definition) is 1. The number of benzene rings is 3. The summed E-state index contributed by atoms with van der Waals surface area (Å²) in [5.41, 5.74) is 3.31. The highest BCUT2D eigenvalue weighted by molar-refractivity contribution is 7.89. The van der Waals surface area contributed by atoms with E-state index in [4.69, 9.17) is 11.6 Å². The maximum atomic E-state index is 13.1. The first kappa shape index (κ1) is 21.8. The van der Waals surface area contributed by atoms with Crippen molar-refractivity contribution < 1.29 is 8.42 Å². The number of sulfonamides is 1. The van der Waals surface area contributed by atoms with E-state index in [2.05, 4.69) is 15.3 Å². The molecule has 0 radical (unpaired) electrons. The zero-order chi connectivity index (χ0) is 22.8. The van der Waals surface area contributed by atoms with Crippen LogP contribution >= 0.6 is 11.6 Å². The van der Waals surface area contributed by atoms with Crippen molar-refractivity contribution in [1.82, 2.24) is 14.3 Å². The number of nitrogens with zero attached hydrogens (tertiary/aromatic N) is 3. The van der Waals surface area contributed by atoms with Gasteiger partial charge in [-0.25, -0.2) is 13.4 Å². The lowest BCUT2D eigenvalue weighted by atomic mass is 10.0. The molecule has 0 aliphatic carbocycles. The van der Waals surface area contributed by atoms with Gasteiger partial charge in [-0.3, -0.25) is 0 Å². The van der Waals surface area contributed by atoms with Crippen molar-refractivity contribution >= 4 is 44.0 Å². The molecule has 0 saturated carbocycles. The van der Waals surface area contributed by atoms with Crippen LogP contribution in [0.1, 0.15) is 19.3 Å². The standard InChI is InChI=1S/C25H23ClN4O2S/c26-25-28-22-14-8-13-21(18-9-3-1-4-10-18)23(22)24(29-25)27-19-11-7-12-20(17-19)33(31,32)30-15-5-2-6-16-30/h1,3-4,7-14,17H,2,5-6,15-16H2,(H,27,28,29). The molecule has 0 atom stereocenters. The second kappa shape index (κ2) is 9.09. The molecular formula is C25H23ClN4O2S. The smallest absolute Gasteiger partial charge is 0.243 e. The largest absolute Gasteiger partial charge is 0.340 e. The lowest BCUT2D eigenvalue weighted by Gasteiger charge is -2.26. The van der Waals surface area contributed by atoms with E-state index in [0.717, 1.165) is 35.8 Å². The summed E-state index contributed by atoms with van der Waals surface area (Å²) in [7, 11) is -3.54. The summed E-state index contributed by atoms with van der Waals surface area (Å²) in [5, 5.41) is 4.23. The molecule has 33 heavy (non-hydrogen) atoms. The lowest BCUT2D eigenvalue weighted by Crippen LogP contribution is -2.35. The first-order chi connectivity index (χ1) is 16.0. The van der Waals surface area contributed by atoms with Gasteiger partial charge in [0.15, 0.2) is 0 Å². The first-order valence-electron chi connectivity index (χ1n) is 10.9. The first-order valence-corrected chi connectivity index (χ1v) is 12.7. The molecule has 1 aliphatic rings. The molecule has 0 unspecified atom stereocenters. The van der Waals surface area contributed by atoms with Crippen LogP contribution in [0.25, 0.3) is 22.0 Å². The maximum absolute atomic E-state index is 13.1. The zero-order valence-corrected chi connectivity index (χ0v) is 19.5. The second-order valence-electron chi connectivity index (χ2n) is 8.02. The Morgan fingerprint density at radius 1 is 0.848 bits per heavy atom. The number of anilines is 2. The third kappa shape index (κ3) is 4.44. The van der Waals surface area contributed by atoms with Crippen molar-refractivity contribution in [3.05, 3.63) is 78.1 Å². The Hall–Kier alpha value is -3.00. The molecule has 5 rings (SSSR count). The van der Waals surface area contributed by atoms with Crippen molar-refractivity contribution in [2.24, 2.45) is 0 Å². The monoisotopic (exact) mass is 478 g/mol. The van der Waals surface area contributed by atoms with Gasteiger partial charge in [0.25, 0.3) is 0 Å². The van der Waals surface area contributed by atoms with Crippen molar-refractivity contribution in [3.63, 3.8) is 0 Å². The molecule has 0 bridgehead atoms. The minimum absolute atomic E-state index is 0.118. The van der Waals surface area contributed by atoms with Gasteiger partial charge in [-0.1, -0.05) is 55.0 Å². The number of halogens is 1. The van der Waals surface area contributed by atoms with Crippen molar-refractivity contribution in [3.8, 4) is 11.1 Å². The molecule has 4 aromatic rings. The SMILES string of the molecule is O=S(=O)(c1cccc(Nc2nc(Cl)nc3cccc(-c4ccccc4)c23)c1)N1CCCCC1. The summed E-state index contributed by atoms with van der Waals surface area (Å²) in [4.78, 5) is 9.11. The summed E-state index contributed by atoms with van der Waals surface area (Å²) in [6.07, 6.45) is 2.86. The van der Waals surface area contributed by atoms with Crippen molar-refractivity contribution in [2.75, 3.05) is 18.4 Å². The van der Waals surface area contributed by atoms with Crippen LogP contribution in [0.3, 0.4) is 0 Å². The van der Waals surface area contributed by atoms with E-state index < -0.39 is 10.0 Å². The molecule has 1 aliphatic heterocycles. The summed E-state index contributed by atoms with van der Waals surface area (Å²) >= 11 is 6.23. The highest BCUT2D eigenvalue weighted by atomic mass is 35.5. The summed E-state index contributed by atoms with van der Waals surface area (Å²) in [5.74, 6) is 0.525. The Morgan fingerprint density at radius 3 is 2.39 bits per heavy atom. The van der Waals surface area contributed by atoms with Crippen LogP contribution in [0, 0.1) is 0 Å². The average molecular weight is 479 g/mol. The Bertz CT molecular complexity index is 1400. The fourth-order valence-electron chi connectivity index (χ4n) is 4.23. The molecule has 1 fully saturated rings. The van der Waals surface area contributed by atoms with Crippen LogP contribution in [0.4, 0.5) is 11.5 Å². The van der Waals surface area contributed by atoms with E-state index in [-0.39, 0.29) is 10.2 Å². The molecule has 2 heterocycles. The minimum Gasteiger partial charge on any atom is -0.340 e. The second-order valence-corrected chi connectivity index (χ2v) is 10.3. The molecule has 8 heteroatoms. The van der Waals surface area contributed by atoms with Crippen LogP contribution in [0.2, 0.25) is 5.28 Å². The normalized spacial score (nSPS) is 14.9. The number of piperidine rings is 1. The summed E-state index contributed by atoms with van der Waals surface area (Å²) < 4.78 is 27.9. The highest BCUT2D eigenvalue weighted by Crippen LogP contribution is 2.35. The number of rotatable bonds is 5. The van der Waals surface area contributed by atoms with Gasteiger partial charge in [-0.05, 0) is 59.8 Å². The molecule has 0 spiro atoms. The Balaban J connectivity index is 1.57. The van der Waals surface area contributed by atoms with Gasteiger partial charge in [0.05, 0.1) is 15.8 Å². The van der Waals surface area contributed by atoms with Gasteiger partial charge in [-0.2, -0.15) is 9.29 Å². The Labute approximate surface area is 198 Å². The minimum atomic E-state index is -3.54. The molecule has 6 nitrogen and oxygen atoms in total. The van der Waals surface area contributed by atoms with E-state index in [1.165, 1.54) is 0 Å². The number of nitrogens with one attached hydrogen (secondary N) is 1. The van der Waals surface area contributed by atoms with Gasteiger partial charge < -0.3 is 5.32 Å². The van der Waals surface area contributed by atoms with Gasteiger partial charge in [0, 0.05) is 18.8 Å². The number of fused-ring (bicyclic) bond motifs is 1. The molecule has 1 aromatic heterocycles. The quantitative estimate of drug-likeness (QED) is 0.363. The van der Waals surface area contributed by atoms with E-state index in [9.17, 15) is 8.42 Å². The van der Waals surface area contributed by atoms with Crippen molar-refractivity contribution in [2.45, 2.75) is 24.2 Å². The van der Waals surface area contributed by atoms with Gasteiger partial charge in [0.1, 0.15) is 5.82 Å². The number of aromatic nitrogens is 2. The molecule has 3 aromatic carbocycles. The highest BCUT2D eigenvalue weighted by Gasteiger charge is 2.26. The van der Waals surface area contributed by atoms with Gasteiger partial charge >= 0.3 is 0 Å². The van der Waals surface area contributed by atoms with E-state index in [1.807, 2.05) is 54.6 Å². The number of hydrogen-bond acceptors (Lipinski definition) is 5. The maximum Gasteiger partial charge on any atom is 0.243 e. The molecule has 1 saturated heterocycles. The molecular weight excluding hydrogens is 456 g/mol. The van der Waals surface area contributed by atoms with E-state index in [0.29, 0.717) is 30.1 Å². The molecule has 1 N–H and O–H groups in total. The molecule has 168 valence electrons. The van der Waals surface area contributed by atoms with E-state index in [1.54, 1.807) is 22.5 Å². The predicted octanol–water partition coefficient (Wildman–Crippen LogP) is 5.87. The Kier molecular flexibility index (Phi) is 6.01. The third-order valence-electron chi connectivity index (χ3n) is 5.83. The Morgan fingerprint density at radius 2 is 1.61 bits per heavy atom. The van der Waals surface area contributed by atoms with Crippen LogP contribution in [0.15, 0.2) is 77.7 Å². The predicted molar refractivity (Wildman–Crippen MR) is 132 cm³/mol. The van der Waals surface area contributed by atoms with Crippen LogP contribution in [0.5, 0.6) is 0 Å². The summed E-state index contributed by atoms with van der Waals surface area (Å²) in [6.45, 7) is 1.12. The topological polar surface area (TPSA) is 75.2 Å². The van der Waals surface area contributed by atoms with Gasteiger partial charge in [-0.15, -0.1) is 0 Å². The van der Waals surface area contributed by atoms with Crippen LogP contribution in [-0.2, 0) is 10.0 Å². The van der Waals surface area contributed by atoms with Crippen LogP contribution in [-0.4, -0.2) is 35.8 Å². The van der Waals surface area contributed by atoms with Crippen LogP contribution < -0.4 is 5.32 Å². The van der Waals surface area contributed by atoms with Gasteiger partial charge in [0.2, 0.25) is 15.3 Å². The fourth-order valence-corrected chi connectivity index (χ4v) is 5.97. The van der Waals surface area contributed by atoms with Crippen molar-refractivity contribution in [1.29, 1.82) is 0 Å². The fraction of sp³-hybridized carbons (Fsp3) is 0.200. The zero-order valence-electron chi connectivity index (χ0n) is 17.9. The summed E-state index contributed by atoms with van der Waals surface area (Å²) in [6, 6.07) is 22.7.